The molecule has 7 heteroatoms. The molecule has 176 valence electrons. The lowest BCUT2D eigenvalue weighted by atomic mass is 10.1. The summed E-state index contributed by atoms with van der Waals surface area (Å²) in [5.41, 5.74) is 3.57. The minimum absolute atomic E-state index is 0. The summed E-state index contributed by atoms with van der Waals surface area (Å²) < 4.78 is 11.8. The van der Waals surface area contributed by atoms with Crippen LogP contribution in [-0.2, 0) is 11.3 Å². The Morgan fingerprint density at radius 1 is 1.19 bits per heavy atom. The summed E-state index contributed by atoms with van der Waals surface area (Å²) in [5, 5.41) is 6.89. The van der Waals surface area contributed by atoms with E-state index in [1.807, 2.05) is 6.07 Å². The second-order valence-electron chi connectivity index (χ2n) is 8.25. The van der Waals surface area contributed by atoms with E-state index in [2.05, 4.69) is 84.0 Å². The monoisotopic (exact) mass is 552 g/mol. The summed E-state index contributed by atoms with van der Waals surface area (Å²) in [5.74, 6) is 1.68. The third kappa shape index (κ3) is 7.94. The molecule has 6 nitrogen and oxygen atoms in total. The summed E-state index contributed by atoms with van der Waals surface area (Å²) in [6.07, 6.45) is 2.40. The molecule has 2 N–H and O–H groups in total. The van der Waals surface area contributed by atoms with Gasteiger partial charge in [0.05, 0.1) is 12.1 Å². The van der Waals surface area contributed by atoms with Gasteiger partial charge in [0.1, 0.15) is 12.4 Å². The van der Waals surface area contributed by atoms with Gasteiger partial charge < -0.3 is 25.0 Å². The minimum atomic E-state index is 0. The van der Waals surface area contributed by atoms with Gasteiger partial charge in [0.15, 0.2) is 5.96 Å². The first kappa shape index (κ1) is 26.4. The van der Waals surface area contributed by atoms with Crippen LogP contribution in [0.3, 0.4) is 0 Å². The molecule has 2 aromatic carbocycles. The highest BCUT2D eigenvalue weighted by Gasteiger charge is 2.17. The van der Waals surface area contributed by atoms with Crippen LogP contribution in [-0.4, -0.2) is 57.9 Å². The fraction of sp³-hybridized carbons (Fsp3) is 0.480. The van der Waals surface area contributed by atoms with Crippen molar-refractivity contribution in [3.63, 3.8) is 0 Å². The average molecular weight is 553 g/mol. The zero-order valence-corrected chi connectivity index (χ0v) is 22.0. The van der Waals surface area contributed by atoms with Crippen LogP contribution in [0.5, 0.6) is 5.75 Å². The highest BCUT2D eigenvalue weighted by molar-refractivity contribution is 14.0. The predicted molar refractivity (Wildman–Crippen MR) is 142 cm³/mol. The molecule has 0 spiro atoms. The van der Waals surface area contributed by atoms with E-state index in [0.717, 1.165) is 43.3 Å². The Bertz CT molecular complexity index is 839. The molecular formula is C25H37IN4O2. The molecule has 2 aromatic rings. The van der Waals surface area contributed by atoms with Crippen molar-refractivity contribution in [1.29, 1.82) is 0 Å². The second kappa shape index (κ2) is 13.6. The summed E-state index contributed by atoms with van der Waals surface area (Å²) in [7, 11) is 5.99. The molecule has 0 saturated carbocycles. The van der Waals surface area contributed by atoms with Crippen molar-refractivity contribution >= 4 is 29.9 Å². The van der Waals surface area contributed by atoms with E-state index in [9.17, 15) is 0 Å². The van der Waals surface area contributed by atoms with Crippen LogP contribution in [0.15, 0.2) is 53.5 Å². The number of hydrogen-bond donors (Lipinski definition) is 2. The number of benzene rings is 2. The first-order chi connectivity index (χ1) is 15.1. The summed E-state index contributed by atoms with van der Waals surface area (Å²) in [4.78, 5) is 6.61. The Morgan fingerprint density at radius 2 is 1.97 bits per heavy atom. The van der Waals surface area contributed by atoms with Crippen LogP contribution in [0.25, 0.3) is 0 Å². The molecule has 0 bridgehead atoms. The number of hydrogen-bond acceptors (Lipinski definition) is 4. The Balaban J connectivity index is 0.00000363. The smallest absolute Gasteiger partial charge is 0.191 e. The lowest BCUT2D eigenvalue weighted by Gasteiger charge is -2.26. The number of rotatable bonds is 9. The number of ether oxygens (including phenoxy) is 2. The number of likely N-dealkylation sites (N-methyl/N-ethyl adjacent to an activating group) is 1. The van der Waals surface area contributed by atoms with Crippen LogP contribution >= 0.6 is 24.0 Å². The van der Waals surface area contributed by atoms with Gasteiger partial charge >= 0.3 is 0 Å². The van der Waals surface area contributed by atoms with Crippen LogP contribution in [0.2, 0.25) is 0 Å². The van der Waals surface area contributed by atoms with Crippen LogP contribution in [0, 0.1) is 6.92 Å². The van der Waals surface area contributed by atoms with Crippen molar-refractivity contribution in [2.45, 2.75) is 38.5 Å². The van der Waals surface area contributed by atoms with Crippen molar-refractivity contribution in [3.05, 3.63) is 65.2 Å². The zero-order chi connectivity index (χ0) is 22.1. The second-order valence-corrected chi connectivity index (χ2v) is 8.25. The van der Waals surface area contributed by atoms with E-state index in [0.29, 0.717) is 13.2 Å². The summed E-state index contributed by atoms with van der Waals surface area (Å²) >= 11 is 0. The van der Waals surface area contributed by atoms with Crippen LogP contribution < -0.4 is 15.4 Å². The Morgan fingerprint density at radius 3 is 2.62 bits per heavy atom. The Hall–Kier alpha value is -1.84. The highest BCUT2D eigenvalue weighted by atomic mass is 127. The van der Waals surface area contributed by atoms with Gasteiger partial charge in [-0.15, -0.1) is 24.0 Å². The van der Waals surface area contributed by atoms with Gasteiger partial charge in [0.25, 0.3) is 0 Å². The van der Waals surface area contributed by atoms with Gasteiger partial charge in [0.2, 0.25) is 0 Å². The Labute approximate surface area is 209 Å². The molecule has 1 aliphatic heterocycles. The molecule has 1 heterocycles. The van der Waals surface area contributed by atoms with Gasteiger partial charge in [-0.05, 0) is 51.1 Å². The van der Waals surface area contributed by atoms with E-state index in [1.165, 1.54) is 11.1 Å². The molecule has 0 aromatic heterocycles. The maximum Gasteiger partial charge on any atom is 0.191 e. The quantitative estimate of drug-likeness (QED) is 0.278. The summed E-state index contributed by atoms with van der Waals surface area (Å²) in [6.45, 7) is 4.92. The van der Waals surface area contributed by atoms with Crippen molar-refractivity contribution in [2.24, 2.45) is 4.99 Å². The molecule has 1 aliphatic rings. The molecule has 0 amide bonds. The lowest BCUT2D eigenvalue weighted by molar-refractivity contribution is 0.0676. The average Bonchev–Trinajstić information content (AvgIpc) is 3.29. The van der Waals surface area contributed by atoms with Gasteiger partial charge in [-0.2, -0.15) is 0 Å². The molecule has 2 atom stereocenters. The third-order valence-corrected chi connectivity index (χ3v) is 5.61. The Kier molecular flexibility index (Phi) is 11.3. The fourth-order valence-electron chi connectivity index (χ4n) is 3.77. The van der Waals surface area contributed by atoms with Crippen molar-refractivity contribution in [2.75, 3.05) is 40.9 Å². The number of halogens is 1. The SMILES string of the molecule is CN=C(NCc1ccc(C)cc1OCC1CCCO1)NCC(c1ccccc1)N(C)C.I. The van der Waals surface area contributed by atoms with E-state index < -0.39 is 0 Å². The van der Waals surface area contributed by atoms with E-state index in [-0.39, 0.29) is 36.1 Å². The third-order valence-electron chi connectivity index (χ3n) is 5.61. The largest absolute Gasteiger partial charge is 0.491 e. The molecule has 1 saturated heterocycles. The first-order valence-electron chi connectivity index (χ1n) is 11.1. The first-order valence-corrected chi connectivity index (χ1v) is 11.1. The topological polar surface area (TPSA) is 58.1 Å². The highest BCUT2D eigenvalue weighted by Crippen LogP contribution is 2.22. The van der Waals surface area contributed by atoms with Crippen molar-refractivity contribution in [1.82, 2.24) is 15.5 Å². The van der Waals surface area contributed by atoms with Crippen LogP contribution in [0.4, 0.5) is 0 Å². The lowest BCUT2D eigenvalue weighted by Crippen LogP contribution is -2.41. The van der Waals surface area contributed by atoms with E-state index in [4.69, 9.17) is 9.47 Å². The molecule has 3 rings (SSSR count). The standard InChI is InChI=1S/C25H36N4O2.HI/c1-19-12-13-21(24(15-19)31-18-22-11-8-14-30-22)16-27-25(26-2)28-17-23(29(3)4)20-9-6-5-7-10-20;/h5-7,9-10,12-13,15,22-23H,8,11,14,16-18H2,1-4H3,(H2,26,27,28);1H. The molecular weight excluding hydrogens is 515 g/mol. The number of aryl methyl sites for hydroxylation is 1. The van der Waals surface area contributed by atoms with Crippen molar-refractivity contribution < 1.29 is 9.47 Å². The van der Waals surface area contributed by atoms with Gasteiger partial charge in [-0.25, -0.2) is 0 Å². The number of guanidine groups is 1. The maximum absolute atomic E-state index is 6.12. The number of aliphatic imine (C=N–C) groups is 1. The van der Waals surface area contributed by atoms with Gasteiger partial charge in [0, 0.05) is 32.3 Å². The van der Waals surface area contributed by atoms with Crippen molar-refractivity contribution in [3.8, 4) is 5.75 Å². The van der Waals surface area contributed by atoms with E-state index >= 15 is 0 Å². The molecule has 1 fully saturated rings. The zero-order valence-electron chi connectivity index (χ0n) is 19.6. The number of nitrogens with zero attached hydrogens (tertiary/aromatic N) is 2. The predicted octanol–water partition coefficient (Wildman–Crippen LogP) is 4.14. The molecule has 0 radical (unpaired) electrons. The molecule has 2 unspecified atom stereocenters. The summed E-state index contributed by atoms with van der Waals surface area (Å²) in [6, 6.07) is 17.1. The normalized spacial score (nSPS) is 17.0. The van der Waals surface area contributed by atoms with Crippen LogP contribution in [0.1, 0.15) is 35.6 Å². The fourth-order valence-corrected chi connectivity index (χ4v) is 3.77. The van der Waals surface area contributed by atoms with Gasteiger partial charge in [-0.1, -0.05) is 42.5 Å². The maximum atomic E-state index is 6.12. The number of nitrogens with one attached hydrogen (secondary N) is 2. The molecule has 0 aliphatic carbocycles. The minimum Gasteiger partial charge on any atom is -0.491 e. The van der Waals surface area contributed by atoms with Gasteiger partial charge in [-0.3, -0.25) is 4.99 Å². The van der Waals surface area contributed by atoms with E-state index in [1.54, 1.807) is 7.05 Å². The molecule has 32 heavy (non-hydrogen) atoms.